The van der Waals surface area contributed by atoms with Crippen molar-refractivity contribution in [2.45, 2.75) is 38.8 Å². The highest BCUT2D eigenvalue weighted by molar-refractivity contribution is 5.91. The summed E-state index contributed by atoms with van der Waals surface area (Å²) in [4.78, 5) is 14.3. The number of benzene rings is 1. The number of nitrogens with one attached hydrogen (secondary N) is 1. The Kier molecular flexibility index (Phi) is 6.10. The Morgan fingerprint density at radius 2 is 2.17 bits per heavy atom. The topological polar surface area (TPSA) is 58.4 Å². The molecule has 134 valence electrons. The van der Waals surface area contributed by atoms with Gasteiger partial charge in [-0.1, -0.05) is 6.92 Å². The molecule has 4 nitrogen and oxygen atoms in total. The molecule has 0 saturated carbocycles. The van der Waals surface area contributed by atoms with E-state index in [1.165, 1.54) is 18.9 Å². The Labute approximate surface area is 140 Å². The van der Waals surface area contributed by atoms with Gasteiger partial charge in [-0.15, -0.1) is 0 Å². The molecule has 1 aliphatic rings. The van der Waals surface area contributed by atoms with Gasteiger partial charge in [-0.25, -0.2) is 0 Å². The van der Waals surface area contributed by atoms with Gasteiger partial charge < -0.3 is 16.0 Å². The van der Waals surface area contributed by atoms with Crippen LogP contribution in [-0.4, -0.2) is 30.4 Å². The van der Waals surface area contributed by atoms with Crippen molar-refractivity contribution in [3.8, 4) is 0 Å². The molecule has 2 rings (SSSR count). The fraction of sp³-hybridized carbons (Fsp3) is 0.588. The summed E-state index contributed by atoms with van der Waals surface area (Å²) in [5.41, 5.74) is 4.19. The van der Waals surface area contributed by atoms with E-state index in [1.54, 1.807) is 0 Å². The summed E-state index contributed by atoms with van der Waals surface area (Å²) in [6.45, 7) is 5.17. The number of piperidine rings is 1. The summed E-state index contributed by atoms with van der Waals surface area (Å²) in [7, 11) is 0. The molecule has 0 aromatic heterocycles. The molecule has 24 heavy (non-hydrogen) atoms. The first-order valence-corrected chi connectivity index (χ1v) is 8.24. The van der Waals surface area contributed by atoms with Crippen LogP contribution in [0.2, 0.25) is 0 Å². The first-order chi connectivity index (χ1) is 11.3. The van der Waals surface area contributed by atoms with Crippen LogP contribution in [0.5, 0.6) is 0 Å². The number of hydrogen-bond acceptors (Lipinski definition) is 3. The van der Waals surface area contributed by atoms with E-state index >= 15 is 0 Å². The maximum absolute atomic E-state index is 12.8. The van der Waals surface area contributed by atoms with Crippen LogP contribution in [0.25, 0.3) is 0 Å². The number of rotatable bonds is 5. The van der Waals surface area contributed by atoms with Gasteiger partial charge in [0.2, 0.25) is 5.91 Å². The zero-order valence-corrected chi connectivity index (χ0v) is 13.8. The molecule has 1 unspecified atom stereocenters. The largest absolute Gasteiger partial charge is 0.418 e. The number of halogens is 3. The highest BCUT2D eigenvalue weighted by Crippen LogP contribution is 2.35. The van der Waals surface area contributed by atoms with Gasteiger partial charge in [0.25, 0.3) is 0 Å². The standard InChI is InChI=1S/C17H24F3N3O/c1-12-4-2-8-23(11-12)9-3-5-16(24)22-13-6-7-15(21)14(10-13)17(18,19)20/h6-7,10,12H,2-5,8-9,11,21H2,1H3,(H,22,24). The molecule has 0 aliphatic carbocycles. The quantitative estimate of drug-likeness (QED) is 0.801. The third-order valence-corrected chi connectivity index (χ3v) is 4.26. The lowest BCUT2D eigenvalue weighted by Crippen LogP contribution is -2.35. The molecule has 0 radical (unpaired) electrons. The van der Waals surface area contributed by atoms with E-state index in [2.05, 4.69) is 17.1 Å². The van der Waals surface area contributed by atoms with Crippen LogP contribution in [0.3, 0.4) is 0 Å². The van der Waals surface area contributed by atoms with Crippen LogP contribution in [0.15, 0.2) is 18.2 Å². The van der Waals surface area contributed by atoms with Gasteiger partial charge in [0.05, 0.1) is 5.56 Å². The molecule has 7 heteroatoms. The Morgan fingerprint density at radius 1 is 1.42 bits per heavy atom. The fourth-order valence-corrected chi connectivity index (χ4v) is 3.06. The maximum Gasteiger partial charge on any atom is 0.418 e. The number of anilines is 2. The van der Waals surface area contributed by atoms with Gasteiger partial charge in [0, 0.05) is 24.3 Å². The number of hydrogen-bond donors (Lipinski definition) is 2. The van der Waals surface area contributed by atoms with Crippen molar-refractivity contribution in [1.82, 2.24) is 4.90 Å². The van der Waals surface area contributed by atoms with E-state index in [9.17, 15) is 18.0 Å². The third-order valence-electron chi connectivity index (χ3n) is 4.26. The van der Waals surface area contributed by atoms with Crippen LogP contribution in [-0.2, 0) is 11.0 Å². The molecule has 1 amide bonds. The molecule has 1 aliphatic heterocycles. The number of nitrogens with two attached hydrogens (primary N) is 1. The molecule has 1 saturated heterocycles. The van der Waals surface area contributed by atoms with Gasteiger partial charge in [-0.05, 0) is 56.5 Å². The summed E-state index contributed by atoms with van der Waals surface area (Å²) in [6, 6.07) is 3.42. The SMILES string of the molecule is CC1CCCN(CCCC(=O)Nc2ccc(N)c(C(F)(F)F)c2)C1. The Morgan fingerprint density at radius 3 is 2.83 bits per heavy atom. The van der Waals surface area contributed by atoms with Crippen LogP contribution < -0.4 is 11.1 Å². The van der Waals surface area contributed by atoms with Gasteiger partial charge in [0.15, 0.2) is 0 Å². The van der Waals surface area contributed by atoms with Crippen molar-refractivity contribution in [2.24, 2.45) is 5.92 Å². The van der Waals surface area contributed by atoms with E-state index in [1.807, 2.05) is 0 Å². The number of amides is 1. The predicted molar refractivity (Wildman–Crippen MR) is 88.6 cm³/mol. The van der Waals surface area contributed by atoms with Crippen molar-refractivity contribution < 1.29 is 18.0 Å². The molecular formula is C17H24F3N3O. The van der Waals surface area contributed by atoms with Gasteiger partial charge in [0.1, 0.15) is 0 Å². The lowest BCUT2D eigenvalue weighted by atomic mass is 10.0. The average Bonchev–Trinajstić information content (AvgIpc) is 2.48. The normalized spacial score (nSPS) is 19.2. The van der Waals surface area contributed by atoms with E-state index in [4.69, 9.17) is 5.73 Å². The molecule has 1 fully saturated rings. The number of carbonyl (C=O) groups excluding carboxylic acids is 1. The van der Waals surface area contributed by atoms with E-state index in [-0.39, 0.29) is 23.7 Å². The highest BCUT2D eigenvalue weighted by Gasteiger charge is 2.33. The average molecular weight is 343 g/mol. The second kappa shape index (κ2) is 7.88. The van der Waals surface area contributed by atoms with Crippen LogP contribution in [0.1, 0.15) is 38.2 Å². The van der Waals surface area contributed by atoms with Crippen LogP contribution in [0, 0.1) is 5.92 Å². The van der Waals surface area contributed by atoms with Gasteiger partial charge in [-0.3, -0.25) is 4.79 Å². The van der Waals surface area contributed by atoms with E-state index < -0.39 is 11.7 Å². The van der Waals surface area contributed by atoms with Gasteiger partial charge in [-0.2, -0.15) is 13.2 Å². The minimum absolute atomic E-state index is 0.119. The second-order valence-corrected chi connectivity index (χ2v) is 6.50. The lowest BCUT2D eigenvalue weighted by Gasteiger charge is -2.30. The maximum atomic E-state index is 12.8. The van der Waals surface area contributed by atoms with Crippen molar-refractivity contribution >= 4 is 17.3 Å². The predicted octanol–water partition coefficient (Wildman–Crippen LogP) is 3.74. The number of likely N-dealkylation sites (tertiary alicyclic amines) is 1. The summed E-state index contributed by atoms with van der Waals surface area (Å²) in [6.07, 6.45) is -1.12. The molecular weight excluding hydrogens is 319 g/mol. The molecule has 1 heterocycles. The Hall–Kier alpha value is -1.76. The van der Waals surface area contributed by atoms with Crippen molar-refractivity contribution in [3.05, 3.63) is 23.8 Å². The number of carbonyl (C=O) groups is 1. The van der Waals surface area contributed by atoms with Crippen molar-refractivity contribution in [1.29, 1.82) is 0 Å². The molecule has 3 N–H and O–H groups in total. The first-order valence-electron chi connectivity index (χ1n) is 8.24. The monoisotopic (exact) mass is 343 g/mol. The Bertz CT molecular complexity index is 575. The summed E-state index contributed by atoms with van der Waals surface area (Å²) >= 11 is 0. The summed E-state index contributed by atoms with van der Waals surface area (Å²) in [5, 5.41) is 2.52. The lowest BCUT2D eigenvalue weighted by molar-refractivity contribution is -0.136. The van der Waals surface area contributed by atoms with Crippen LogP contribution >= 0.6 is 0 Å². The number of nitrogens with zero attached hydrogens (tertiary/aromatic N) is 1. The fourth-order valence-electron chi connectivity index (χ4n) is 3.06. The van der Waals surface area contributed by atoms with Gasteiger partial charge >= 0.3 is 6.18 Å². The molecule has 0 bridgehead atoms. The van der Waals surface area contributed by atoms with Crippen molar-refractivity contribution in [3.63, 3.8) is 0 Å². The summed E-state index contributed by atoms with van der Waals surface area (Å²) in [5.74, 6) is 0.404. The van der Waals surface area contributed by atoms with Crippen molar-refractivity contribution in [2.75, 3.05) is 30.7 Å². The smallest absolute Gasteiger partial charge is 0.398 e. The second-order valence-electron chi connectivity index (χ2n) is 6.50. The number of nitrogen functional groups attached to an aromatic ring is 1. The van der Waals surface area contributed by atoms with E-state index in [0.29, 0.717) is 12.3 Å². The first kappa shape index (κ1) is 18.6. The summed E-state index contributed by atoms with van der Waals surface area (Å²) < 4.78 is 38.4. The third kappa shape index (κ3) is 5.40. The Balaban J connectivity index is 1.82. The van der Waals surface area contributed by atoms with E-state index in [0.717, 1.165) is 31.8 Å². The minimum Gasteiger partial charge on any atom is -0.398 e. The zero-order valence-electron chi connectivity index (χ0n) is 13.8. The molecule has 1 aromatic carbocycles. The molecule has 1 aromatic rings. The highest BCUT2D eigenvalue weighted by atomic mass is 19.4. The molecule has 0 spiro atoms. The minimum atomic E-state index is -4.53. The van der Waals surface area contributed by atoms with Crippen LogP contribution in [0.4, 0.5) is 24.5 Å². The zero-order chi connectivity index (χ0) is 17.7. The number of alkyl halides is 3. The molecule has 1 atom stereocenters.